The predicted molar refractivity (Wildman–Crippen MR) is 97.7 cm³/mol. The Hall–Kier alpha value is -3.03. The van der Waals surface area contributed by atoms with Gasteiger partial charge in [0.2, 0.25) is 0 Å². The lowest BCUT2D eigenvalue weighted by Crippen LogP contribution is -2.34. The van der Waals surface area contributed by atoms with Crippen LogP contribution in [0.4, 0.5) is 5.69 Å². The number of amides is 1. The normalized spacial score (nSPS) is 16.0. The van der Waals surface area contributed by atoms with Crippen LogP contribution in [0.5, 0.6) is 5.75 Å². The highest BCUT2D eigenvalue weighted by Gasteiger charge is 2.21. The first-order valence-corrected chi connectivity index (χ1v) is 8.56. The minimum Gasteiger partial charge on any atom is -0.497 e. The minimum atomic E-state index is -0.771. The molecule has 26 heavy (non-hydrogen) atoms. The molecule has 138 valence electrons. The van der Waals surface area contributed by atoms with Gasteiger partial charge in [-0.15, -0.1) is 0 Å². The number of nitrogens with one attached hydrogen (secondary N) is 3. The van der Waals surface area contributed by atoms with Gasteiger partial charge in [0, 0.05) is 6.54 Å². The summed E-state index contributed by atoms with van der Waals surface area (Å²) in [7, 11) is 1.65. The molecule has 1 aromatic carbocycles. The number of aryl methyl sites for hydroxylation is 1. The molecule has 0 aliphatic heterocycles. The van der Waals surface area contributed by atoms with Crippen LogP contribution >= 0.6 is 0 Å². The second-order valence-corrected chi connectivity index (χ2v) is 6.40. The SMILES string of the molecule is COc1ccc2c(c1)C(CCNC(=O)c1[nH]c(=O)[nH]c(=O)c1N)CCC2. The number of ether oxygens (including phenoxy) is 1. The third-order valence-electron chi connectivity index (χ3n) is 4.78. The first-order valence-electron chi connectivity index (χ1n) is 8.56. The van der Waals surface area contributed by atoms with Crippen LogP contribution < -0.4 is 27.0 Å². The van der Waals surface area contributed by atoms with E-state index in [-0.39, 0.29) is 11.4 Å². The molecule has 8 heteroatoms. The lowest BCUT2D eigenvalue weighted by molar-refractivity contribution is 0.0947. The van der Waals surface area contributed by atoms with E-state index in [4.69, 9.17) is 10.5 Å². The summed E-state index contributed by atoms with van der Waals surface area (Å²) in [6.07, 6.45) is 3.94. The Morgan fingerprint density at radius 1 is 1.35 bits per heavy atom. The maximum absolute atomic E-state index is 12.2. The summed E-state index contributed by atoms with van der Waals surface area (Å²) >= 11 is 0. The van der Waals surface area contributed by atoms with Gasteiger partial charge in [-0.25, -0.2) is 4.79 Å². The van der Waals surface area contributed by atoms with Gasteiger partial charge in [0.1, 0.15) is 17.1 Å². The smallest absolute Gasteiger partial charge is 0.326 e. The monoisotopic (exact) mass is 358 g/mol. The van der Waals surface area contributed by atoms with Crippen LogP contribution in [-0.4, -0.2) is 29.5 Å². The molecule has 1 atom stereocenters. The molecule has 5 N–H and O–H groups in total. The Bertz CT molecular complexity index is 932. The van der Waals surface area contributed by atoms with Gasteiger partial charge >= 0.3 is 5.69 Å². The number of rotatable bonds is 5. The van der Waals surface area contributed by atoms with Crippen molar-refractivity contribution in [3.63, 3.8) is 0 Å². The van der Waals surface area contributed by atoms with Gasteiger partial charge in [-0.05, 0) is 54.9 Å². The molecule has 3 rings (SSSR count). The molecule has 0 bridgehead atoms. The van der Waals surface area contributed by atoms with Crippen molar-refractivity contribution in [1.82, 2.24) is 15.3 Å². The fourth-order valence-corrected chi connectivity index (χ4v) is 3.43. The number of nitrogens with two attached hydrogens (primary N) is 1. The molecule has 1 heterocycles. The van der Waals surface area contributed by atoms with E-state index >= 15 is 0 Å². The highest BCUT2D eigenvalue weighted by molar-refractivity contribution is 5.96. The zero-order chi connectivity index (χ0) is 18.7. The van der Waals surface area contributed by atoms with Crippen LogP contribution in [0.15, 0.2) is 27.8 Å². The maximum Gasteiger partial charge on any atom is 0.326 e. The van der Waals surface area contributed by atoms with Crippen molar-refractivity contribution >= 4 is 11.6 Å². The highest BCUT2D eigenvalue weighted by atomic mass is 16.5. The van der Waals surface area contributed by atoms with Gasteiger partial charge < -0.3 is 20.8 Å². The van der Waals surface area contributed by atoms with E-state index in [1.54, 1.807) is 7.11 Å². The van der Waals surface area contributed by atoms with Gasteiger partial charge in [0.25, 0.3) is 11.5 Å². The minimum absolute atomic E-state index is 0.204. The second-order valence-electron chi connectivity index (χ2n) is 6.40. The fraction of sp³-hybridized carbons (Fsp3) is 0.389. The average molecular weight is 358 g/mol. The van der Waals surface area contributed by atoms with Crippen molar-refractivity contribution in [3.8, 4) is 5.75 Å². The van der Waals surface area contributed by atoms with E-state index in [0.29, 0.717) is 12.5 Å². The molecule has 1 aromatic heterocycles. The molecular formula is C18H22N4O4. The number of carbonyl (C=O) groups is 1. The van der Waals surface area contributed by atoms with Gasteiger partial charge in [-0.2, -0.15) is 0 Å². The largest absolute Gasteiger partial charge is 0.497 e. The molecule has 0 fully saturated rings. The fourth-order valence-electron chi connectivity index (χ4n) is 3.43. The summed E-state index contributed by atoms with van der Waals surface area (Å²) in [5.41, 5.74) is 6.11. The van der Waals surface area contributed by atoms with Gasteiger partial charge in [-0.3, -0.25) is 14.6 Å². The van der Waals surface area contributed by atoms with Crippen LogP contribution in [0.1, 0.15) is 46.8 Å². The van der Waals surface area contributed by atoms with Crippen molar-refractivity contribution in [2.45, 2.75) is 31.6 Å². The number of hydrogen-bond acceptors (Lipinski definition) is 5. The van der Waals surface area contributed by atoms with Crippen LogP contribution in [0.2, 0.25) is 0 Å². The lowest BCUT2D eigenvalue weighted by atomic mass is 9.81. The number of anilines is 1. The third kappa shape index (κ3) is 3.63. The predicted octanol–water partition coefficient (Wildman–Crippen LogP) is 0.894. The quantitative estimate of drug-likeness (QED) is 0.631. The van der Waals surface area contributed by atoms with Crippen LogP contribution in [0.25, 0.3) is 0 Å². The molecule has 2 aromatic rings. The Morgan fingerprint density at radius 2 is 2.15 bits per heavy atom. The van der Waals surface area contributed by atoms with E-state index in [0.717, 1.165) is 31.4 Å². The van der Waals surface area contributed by atoms with E-state index in [9.17, 15) is 14.4 Å². The summed E-state index contributed by atoms with van der Waals surface area (Å²) in [6.45, 7) is 0.411. The first-order chi connectivity index (χ1) is 12.5. The van der Waals surface area contributed by atoms with E-state index in [2.05, 4.69) is 22.4 Å². The van der Waals surface area contributed by atoms with Crippen molar-refractivity contribution < 1.29 is 9.53 Å². The molecule has 0 spiro atoms. The van der Waals surface area contributed by atoms with Crippen LogP contribution in [0, 0.1) is 0 Å². The molecule has 1 aliphatic carbocycles. The zero-order valence-electron chi connectivity index (χ0n) is 14.6. The summed E-state index contributed by atoms with van der Waals surface area (Å²) in [5, 5.41) is 2.73. The van der Waals surface area contributed by atoms with E-state index in [1.807, 2.05) is 11.1 Å². The topological polar surface area (TPSA) is 130 Å². The second kappa shape index (κ2) is 7.47. The third-order valence-corrected chi connectivity index (χ3v) is 4.78. The van der Waals surface area contributed by atoms with Crippen molar-refractivity contribution in [1.29, 1.82) is 0 Å². The Labute approximate surface area is 149 Å². The van der Waals surface area contributed by atoms with Gasteiger partial charge in [0.05, 0.1) is 7.11 Å². The summed E-state index contributed by atoms with van der Waals surface area (Å²) in [4.78, 5) is 39.3. The molecule has 0 saturated heterocycles. The first kappa shape index (κ1) is 17.8. The number of carbonyl (C=O) groups excluding carboxylic acids is 1. The van der Waals surface area contributed by atoms with Crippen molar-refractivity contribution in [3.05, 3.63) is 55.9 Å². The average Bonchev–Trinajstić information content (AvgIpc) is 2.64. The molecule has 1 unspecified atom stereocenters. The molecule has 1 amide bonds. The Kier molecular flexibility index (Phi) is 5.11. The molecule has 0 saturated carbocycles. The summed E-state index contributed by atoms with van der Waals surface area (Å²) in [6, 6.07) is 6.13. The summed E-state index contributed by atoms with van der Waals surface area (Å²) in [5.74, 6) is 0.589. The number of methoxy groups -OCH3 is 1. The number of H-pyrrole nitrogens is 2. The van der Waals surface area contributed by atoms with E-state index < -0.39 is 17.2 Å². The van der Waals surface area contributed by atoms with Crippen LogP contribution in [0.3, 0.4) is 0 Å². The van der Waals surface area contributed by atoms with Crippen molar-refractivity contribution in [2.24, 2.45) is 0 Å². The lowest BCUT2D eigenvalue weighted by Gasteiger charge is -2.26. The number of benzene rings is 1. The van der Waals surface area contributed by atoms with Gasteiger partial charge in [-0.1, -0.05) is 6.07 Å². The Morgan fingerprint density at radius 3 is 2.92 bits per heavy atom. The molecular weight excluding hydrogens is 336 g/mol. The Balaban J connectivity index is 1.67. The number of aromatic nitrogens is 2. The highest BCUT2D eigenvalue weighted by Crippen LogP contribution is 2.35. The molecule has 1 aliphatic rings. The number of hydrogen-bond donors (Lipinski definition) is 4. The standard InChI is InChI=1S/C18H22N4O4/c1-26-12-6-5-10-3-2-4-11(13(10)9-12)7-8-20-17(24)15-14(19)16(23)22-18(25)21-15/h5-6,9,11H,2-4,7-8,19H2,1H3,(H,20,24)(H2,21,22,23,25). The molecule has 0 radical (unpaired) electrons. The number of nitrogen functional groups attached to an aromatic ring is 1. The molecule has 8 nitrogen and oxygen atoms in total. The number of fused-ring (bicyclic) bond motifs is 1. The van der Waals surface area contributed by atoms with Crippen LogP contribution in [-0.2, 0) is 6.42 Å². The van der Waals surface area contributed by atoms with E-state index in [1.165, 1.54) is 11.1 Å². The zero-order valence-corrected chi connectivity index (χ0v) is 14.6. The number of aromatic amines is 2. The summed E-state index contributed by atoms with van der Waals surface area (Å²) < 4.78 is 5.31. The van der Waals surface area contributed by atoms with Gasteiger partial charge in [0.15, 0.2) is 0 Å². The maximum atomic E-state index is 12.2. The van der Waals surface area contributed by atoms with Crippen molar-refractivity contribution in [2.75, 3.05) is 19.4 Å².